The van der Waals surface area contributed by atoms with Crippen molar-refractivity contribution in [1.82, 2.24) is 5.32 Å². The molecule has 18 heavy (non-hydrogen) atoms. The number of hydrogen-bond acceptors (Lipinski definition) is 3. The Kier molecular flexibility index (Phi) is 5.01. The van der Waals surface area contributed by atoms with Gasteiger partial charge in [-0.1, -0.05) is 13.8 Å². The first-order valence-electron chi connectivity index (χ1n) is 6.28. The maximum atomic E-state index is 11.6. The molecular weight excluding hydrogens is 226 g/mol. The highest BCUT2D eigenvalue weighted by molar-refractivity contribution is 5.96. The van der Waals surface area contributed by atoms with E-state index in [1.165, 1.54) is 0 Å². The first-order valence-corrected chi connectivity index (χ1v) is 6.28. The average Bonchev–Trinajstić information content (AvgIpc) is 2.35. The molecular formula is C14H23N3O. The number of carbonyl (C=O) groups excluding carboxylic acids is 1. The second-order valence-electron chi connectivity index (χ2n) is 4.96. The summed E-state index contributed by atoms with van der Waals surface area (Å²) in [5, 5.41) is 2.62. The van der Waals surface area contributed by atoms with E-state index in [1.807, 2.05) is 13.1 Å². The van der Waals surface area contributed by atoms with Gasteiger partial charge in [-0.2, -0.15) is 0 Å². The second kappa shape index (κ2) is 6.28. The lowest BCUT2D eigenvalue weighted by Gasteiger charge is -2.22. The Morgan fingerprint density at radius 1 is 1.44 bits per heavy atom. The molecule has 0 saturated carbocycles. The van der Waals surface area contributed by atoms with Crippen molar-refractivity contribution in [2.75, 3.05) is 31.3 Å². The van der Waals surface area contributed by atoms with Gasteiger partial charge in [0.2, 0.25) is 0 Å². The van der Waals surface area contributed by atoms with Crippen molar-refractivity contribution in [3.05, 3.63) is 23.8 Å². The third kappa shape index (κ3) is 3.65. The lowest BCUT2D eigenvalue weighted by molar-refractivity contribution is 0.0963. The van der Waals surface area contributed by atoms with E-state index in [9.17, 15) is 4.79 Å². The third-order valence-corrected chi connectivity index (χ3v) is 2.97. The van der Waals surface area contributed by atoms with E-state index in [1.54, 1.807) is 19.2 Å². The molecule has 0 bridgehead atoms. The molecule has 0 unspecified atom stereocenters. The number of nitrogens with two attached hydrogens (primary N) is 1. The minimum Gasteiger partial charge on any atom is -0.397 e. The van der Waals surface area contributed by atoms with Gasteiger partial charge in [-0.05, 0) is 30.5 Å². The zero-order valence-electron chi connectivity index (χ0n) is 11.7. The van der Waals surface area contributed by atoms with Gasteiger partial charge in [0, 0.05) is 26.2 Å². The van der Waals surface area contributed by atoms with E-state index in [0.717, 1.165) is 18.7 Å². The smallest absolute Gasteiger partial charge is 0.251 e. The predicted octanol–water partition coefficient (Wildman–Crippen LogP) is 2.11. The van der Waals surface area contributed by atoms with Crippen LogP contribution in [0.1, 0.15) is 30.6 Å². The molecule has 4 heteroatoms. The molecule has 0 saturated heterocycles. The van der Waals surface area contributed by atoms with Crippen LogP contribution in [-0.4, -0.2) is 26.5 Å². The monoisotopic (exact) mass is 249 g/mol. The Morgan fingerprint density at radius 3 is 2.67 bits per heavy atom. The Bertz CT molecular complexity index is 416. The van der Waals surface area contributed by atoms with Gasteiger partial charge in [0.1, 0.15) is 0 Å². The molecule has 1 rings (SSSR count). The minimum atomic E-state index is -0.0893. The zero-order chi connectivity index (χ0) is 13.7. The summed E-state index contributed by atoms with van der Waals surface area (Å²) >= 11 is 0. The molecule has 1 amide bonds. The SMILES string of the molecule is CNC(=O)c1ccc(N)c(N(C)CCC(C)C)c1. The van der Waals surface area contributed by atoms with E-state index in [-0.39, 0.29) is 5.91 Å². The number of nitrogens with zero attached hydrogens (tertiary/aromatic N) is 1. The highest BCUT2D eigenvalue weighted by Gasteiger charge is 2.10. The Morgan fingerprint density at radius 2 is 2.11 bits per heavy atom. The molecule has 1 aromatic rings. The van der Waals surface area contributed by atoms with E-state index in [2.05, 4.69) is 24.1 Å². The fourth-order valence-corrected chi connectivity index (χ4v) is 1.73. The largest absolute Gasteiger partial charge is 0.397 e. The Balaban J connectivity index is 2.89. The van der Waals surface area contributed by atoms with Crippen molar-refractivity contribution in [3.63, 3.8) is 0 Å². The summed E-state index contributed by atoms with van der Waals surface area (Å²) in [7, 11) is 3.63. The summed E-state index contributed by atoms with van der Waals surface area (Å²) in [5.74, 6) is 0.560. The van der Waals surface area contributed by atoms with Crippen LogP contribution in [0.2, 0.25) is 0 Å². The highest BCUT2D eigenvalue weighted by atomic mass is 16.1. The van der Waals surface area contributed by atoms with Crippen molar-refractivity contribution in [2.24, 2.45) is 5.92 Å². The van der Waals surface area contributed by atoms with Crippen LogP contribution in [0.25, 0.3) is 0 Å². The topological polar surface area (TPSA) is 58.4 Å². The summed E-state index contributed by atoms with van der Waals surface area (Å²) in [6.45, 7) is 5.31. The fraction of sp³-hybridized carbons (Fsp3) is 0.500. The number of rotatable bonds is 5. The van der Waals surface area contributed by atoms with Gasteiger partial charge in [-0.15, -0.1) is 0 Å². The summed E-state index contributed by atoms with van der Waals surface area (Å²) in [6.07, 6.45) is 1.10. The number of nitrogens with one attached hydrogen (secondary N) is 1. The van der Waals surface area contributed by atoms with E-state index < -0.39 is 0 Å². The quantitative estimate of drug-likeness (QED) is 0.786. The van der Waals surface area contributed by atoms with Gasteiger partial charge in [0.15, 0.2) is 0 Å². The van der Waals surface area contributed by atoms with Gasteiger partial charge in [0.25, 0.3) is 5.91 Å². The molecule has 100 valence electrons. The molecule has 4 nitrogen and oxygen atoms in total. The maximum Gasteiger partial charge on any atom is 0.251 e. The van der Waals surface area contributed by atoms with Crippen LogP contribution < -0.4 is 16.0 Å². The highest BCUT2D eigenvalue weighted by Crippen LogP contribution is 2.24. The molecule has 3 N–H and O–H groups in total. The number of carbonyl (C=O) groups is 1. The summed E-state index contributed by atoms with van der Waals surface area (Å²) < 4.78 is 0. The van der Waals surface area contributed by atoms with Crippen molar-refractivity contribution in [1.29, 1.82) is 0 Å². The van der Waals surface area contributed by atoms with Crippen LogP contribution in [-0.2, 0) is 0 Å². The lowest BCUT2D eigenvalue weighted by atomic mass is 10.1. The molecule has 0 aromatic heterocycles. The van der Waals surface area contributed by atoms with Crippen LogP contribution in [0.3, 0.4) is 0 Å². The minimum absolute atomic E-state index is 0.0893. The Hall–Kier alpha value is -1.71. The normalized spacial score (nSPS) is 10.5. The fourth-order valence-electron chi connectivity index (χ4n) is 1.73. The van der Waals surface area contributed by atoms with Crippen LogP contribution in [0.4, 0.5) is 11.4 Å². The summed E-state index contributed by atoms with van der Waals surface area (Å²) in [5.41, 5.74) is 8.22. The van der Waals surface area contributed by atoms with Gasteiger partial charge in [-0.3, -0.25) is 4.79 Å². The predicted molar refractivity (Wildman–Crippen MR) is 77.0 cm³/mol. The summed E-state index contributed by atoms with van der Waals surface area (Å²) in [6, 6.07) is 5.37. The lowest BCUT2D eigenvalue weighted by Crippen LogP contribution is -2.23. The first-order chi connectivity index (χ1) is 8.45. The van der Waals surface area contributed by atoms with Gasteiger partial charge in [0.05, 0.1) is 11.4 Å². The van der Waals surface area contributed by atoms with Gasteiger partial charge >= 0.3 is 0 Å². The van der Waals surface area contributed by atoms with Crippen LogP contribution in [0.5, 0.6) is 0 Å². The molecule has 0 fully saturated rings. The number of anilines is 2. The van der Waals surface area contributed by atoms with E-state index in [0.29, 0.717) is 17.2 Å². The molecule has 0 aliphatic carbocycles. The number of hydrogen-bond donors (Lipinski definition) is 2. The van der Waals surface area contributed by atoms with Crippen LogP contribution in [0, 0.1) is 5.92 Å². The number of benzene rings is 1. The number of amides is 1. The van der Waals surface area contributed by atoms with Crippen molar-refractivity contribution in [3.8, 4) is 0 Å². The molecule has 0 aliphatic heterocycles. The first kappa shape index (κ1) is 14.4. The van der Waals surface area contributed by atoms with E-state index in [4.69, 9.17) is 5.73 Å². The van der Waals surface area contributed by atoms with Gasteiger partial charge < -0.3 is 16.0 Å². The van der Waals surface area contributed by atoms with Crippen molar-refractivity contribution < 1.29 is 4.79 Å². The van der Waals surface area contributed by atoms with Crippen molar-refractivity contribution >= 4 is 17.3 Å². The van der Waals surface area contributed by atoms with Gasteiger partial charge in [-0.25, -0.2) is 0 Å². The molecule has 0 aliphatic rings. The molecule has 1 aromatic carbocycles. The maximum absolute atomic E-state index is 11.6. The van der Waals surface area contributed by atoms with Crippen molar-refractivity contribution in [2.45, 2.75) is 20.3 Å². The molecule has 0 heterocycles. The Labute approximate surface area is 109 Å². The summed E-state index contributed by atoms with van der Waals surface area (Å²) in [4.78, 5) is 13.7. The standard InChI is InChI=1S/C14H23N3O/c1-10(2)7-8-17(4)13-9-11(14(18)16-3)5-6-12(13)15/h5-6,9-10H,7-8,15H2,1-4H3,(H,16,18). The van der Waals surface area contributed by atoms with E-state index >= 15 is 0 Å². The second-order valence-corrected chi connectivity index (χ2v) is 4.96. The average molecular weight is 249 g/mol. The molecule has 0 spiro atoms. The third-order valence-electron chi connectivity index (χ3n) is 2.97. The molecule has 0 radical (unpaired) electrons. The van der Waals surface area contributed by atoms with Crippen LogP contribution in [0.15, 0.2) is 18.2 Å². The molecule has 0 atom stereocenters. The van der Waals surface area contributed by atoms with Crippen LogP contribution >= 0.6 is 0 Å². The zero-order valence-corrected chi connectivity index (χ0v) is 11.7. The number of nitrogen functional groups attached to an aromatic ring is 1.